The van der Waals surface area contributed by atoms with Crippen LogP contribution in [0.4, 0.5) is 0 Å². The first kappa shape index (κ1) is 20.0. The lowest BCUT2D eigenvalue weighted by Gasteiger charge is -2.09. The second kappa shape index (κ2) is 9.98. The van der Waals surface area contributed by atoms with Crippen LogP contribution in [0.1, 0.15) is 12.2 Å². The molecule has 1 aromatic carbocycles. The fourth-order valence-corrected chi connectivity index (χ4v) is 3.74. The Hall–Kier alpha value is -3.26. The molecule has 0 fully saturated rings. The molecule has 154 valence electrons. The Kier molecular flexibility index (Phi) is 6.66. The molecule has 0 unspecified atom stereocenters. The molecule has 7 nitrogen and oxygen atoms in total. The van der Waals surface area contributed by atoms with Gasteiger partial charge in [-0.3, -0.25) is 9.55 Å². The first-order chi connectivity index (χ1) is 14.8. The summed E-state index contributed by atoms with van der Waals surface area (Å²) in [5, 5.41) is 9.64. The van der Waals surface area contributed by atoms with Crippen LogP contribution in [0.3, 0.4) is 0 Å². The topological polar surface area (TPSA) is 75.2 Å². The standard InChI is InChI=1S/C22H22N4O3S/c1-27-18-7-9-19(10-8-18)28-13-4-14-30-22-25-24-21(17-5-2-11-23-15-17)26(22)16-20-6-3-12-29-20/h2-3,5-12,15H,4,13-14,16H2,1H3. The van der Waals surface area contributed by atoms with Gasteiger partial charge < -0.3 is 13.9 Å². The summed E-state index contributed by atoms with van der Waals surface area (Å²) in [7, 11) is 1.65. The molecule has 0 aliphatic rings. The zero-order chi connectivity index (χ0) is 20.6. The fraction of sp³-hybridized carbons (Fsp3) is 0.227. The fourth-order valence-electron chi connectivity index (χ4n) is 2.89. The molecular formula is C22H22N4O3S. The minimum atomic E-state index is 0.564. The number of benzene rings is 1. The van der Waals surface area contributed by atoms with Crippen molar-refractivity contribution in [3.05, 3.63) is 72.9 Å². The molecule has 0 atom stereocenters. The molecule has 0 N–H and O–H groups in total. The maximum Gasteiger partial charge on any atom is 0.191 e. The maximum atomic E-state index is 5.80. The number of hydrogen-bond acceptors (Lipinski definition) is 7. The summed E-state index contributed by atoms with van der Waals surface area (Å²) >= 11 is 1.65. The zero-order valence-corrected chi connectivity index (χ0v) is 17.4. The third kappa shape index (κ3) is 5.01. The molecule has 8 heteroatoms. The van der Waals surface area contributed by atoms with Crippen molar-refractivity contribution < 1.29 is 13.9 Å². The van der Waals surface area contributed by atoms with E-state index in [1.54, 1.807) is 37.5 Å². The number of methoxy groups -OCH3 is 1. The van der Waals surface area contributed by atoms with Gasteiger partial charge in [-0.15, -0.1) is 10.2 Å². The van der Waals surface area contributed by atoms with E-state index in [-0.39, 0.29) is 0 Å². The Morgan fingerprint density at radius 1 is 1.03 bits per heavy atom. The molecule has 0 aliphatic carbocycles. The molecule has 0 aliphatic heterocycles. The first-order valence-corrected chi connectivity index (χ1v) is 10.6. The Morgan fingerprint density at radius 2 is 1.90 bits per heavy atom. The number of ether oxygens (including phenoxy) is 2. The molecule has 3 heterocycles. The molecular weight excluding hydrogens is 400 g/mol. The summed E-state index contributed by atoms with van der Waals surface area (Å²) in [5.74, 6) is 4.14. The minimum Gasteiger partial charge on any atom is -0.497 e. The zero-order valence-electron chi connectivity index (χ0n) is 16.6. The predicted molar refractivity (Wildman–Crippen MR) is 115 cm³/mol. The lowest BCUT2D eigenvalue weighted by molar-refractivity contribution is 0.318. The summed E-state index contributed by atoms with van der Waals surface area (Å²) in [6.45, 7) is 1.19. The number of nitrogens with zero attached hydrogens (tertiary/aromatic N) is 4. The number of rotatable bonds is 10. The molecule has 0 saturated carbocycles. The highest BCUT2D eigenvalue weighted by atomic mass is 32.2. The van der Waals surface area contributed by atoms with Crippen LogP contribution in [0, 0.1) is 0 Å². The van der Waals surface area contributed by atoms with Gasteiger partial charge in [0.15, 0.2) is 11.0 Å². The van der Waals surface area contributed by atoms with E-state index in [9.17, 15) is 0 Å². The van der Waals surface area contributed by atoms with Crippen molar-refractivity contribution in [2.45, 2.75) is 18.1 Å². The van der Waals surface area contributed by atoms with Crippen LogP contribution >= 0.6 is 11.8 Å². The van der Waals surface area contributed by atoms with E-state index in [1.165, 1.54) is 0 Å². The second-order valence-corrected chi connectivity index (χ2v) is 7.50. The van der Waals surface area contributed by atoms with Crippen molar-refractivity contribution >= 4 is 11.8 Å². The van der Waals surface area contributed by atoms with E-state index < -0.39 is 0 Å². The number of pyridine rings is 1. The third-order valence-electron chi connectivity index (χ3n) is 4.38. The van der Waals surface area contributed by atoms with E-state index in [1.807, 2.05) is 48.5 Å². The van der Waals surface area contributed by atoms with Crippen molar-refractivity contribution in [2.75, 3.05) is 19.5 Å². The van der Waals surface area contributed by atoms with Gasteiger partial charge >= 0.3 is 0 Å². The number of furan rings is 1. The van der Waals surface area contributed by atoms with Crippen molar-refractivity contribution in [2.24, 2.45) is 0 Å². The van der Waals surface area contributed by atoms with E-state index in [0.29, 0.717) is 13.2 Å². The van der Waals surface area contributed by atoms with Gasteiger partial charge in [0.05, 0.1) is 26.5 Å². The van der Waals surface area contributed by atoms with Crippen molar-refractivity contribution in [1.82, 2.24) is 19.7 Å². The average molecular weight is 423 g/mol. The predicted octanol–water partition coefficient (Wildman–Crippen LogP) is 4.55. The van der Waals surface area contributed by atoms with Gasteiger partial charge in [0.25, 0.3) is 0 Å². The molecule has 30 heavy (non-hydrogen) atoms. The summed E-state index contributed by atoms with van der Waals surface area (Å²) in [6.07, 6.45) is 6.09. The van der Waals surface area contributed by atoms with E-state index in [0.717, 1.165) is 46.0 Å². The smallest absolute Gasteiger partial charge is 0.191 e. The second-order valence-electron chi connectivity index (χ2n) is 6.44. The van der Waals surface area contributed by atoms with Gasteiger partial charge in [-0.25, -0.2) is 0 Å². The molecule has 0 bridgehead atoms. The molecule has 3 aromatic heterocycles. The van der Waals surface area contributed by atoms with Crippen LogP contribution in [-0.4, -0.2) is 39.2 Å². The van der Waals surface area contributed by atoms with Gasteiger partial charge in [0.1, 0.15) is 17.3 Å². The van der Waals surface area contributed by atoms with Crippen LogP contribution in [0.15, 0.2) is 76.8 Å². The molecule has 0 spiro atoms. The lowest BCUT2D eigenvalue weighted by Crippen LogP contribution is -2.04. The summed E-state index contributed by atoms with van der Waals surface area (Å²) in [5.41, 5.74) is 0.922. The summed E-state index contributed by atoms with van der Waals surface area (Å²) < 4.78 is 18.5. The number of aromatic nitrogens is 4. The SMILES string of the molecule is COc1ccc(OCCCSc2nnc(-c3cccnc3)n2Cc2ccco2)cc1. The molecule has 4 aromatic rings. The summed E-state index contributed by atoms with van der Waals surface area (Å²) in [6, 6.07) is 15.3. The monoisotopic (exact) mass is 422 g/mol. The molecule has 0 radical (unpaired) electrons. The summed E-state index contributed by atoms with van der Waals surface area (Å²) in [4.78, 5) is 4.20. The maximum absolute atomic E-state index is 5.80. The van der Waals surface area contributed by atoms with Gasteiger partial charge in [0, 0.05) is 23.7 Å². The molecule has 4 rings (SSSR count). The number of thioether (sulfide) groups is 1. The van der Waals surface area contributed by atoms with Crippen LogP contribution < -0.4 is 9.47 Å². The van der Waals surface area contributed by atoms with Gasteiger partial charge in [-0.1, -0.05) is 11.8 Å². The number of hydrogen-bond donors (Lipinski definition) is 0. The quantitative estimate of drug-likeness (QED) is 0.274. The first-order valence-electron chi connectivity index (χ1n) is 9.59. The van der Waals surface area contributed by atoms with Gasteiger partial charge in [-0.05, 0) is 55.0 Å². The lowest BCUT2D eigenvalue weighted by atomic mass is 10.2. The highest BCUT2D eigenvalue weighted by molar-refractivity contribution is 7.99. The average Bonchev–Trinajstić information content (AvgIpc) is 3.45. The van der Waals surface area contributed by atoms with Crippen molar-refractivity contribution in [1.29, 1.82) is 0 Å². The van der Waals surface area contributed by atoms with Crippen molar-refractivity contribution in [3.8, 4) is 22.9 Å². The Bertz CT molecular complexity index is 1030. The minimum absolute atomic E-state index is 0.564. The third-order valence-corrected chi connectivity index (χ3v) is 5.43. The van der Waals surface area contributed by atoms with Crippen LogP contribution in [0.5, 0.6) is 11.5 Å². The van der Waals surface area contributed by atoms with Crippen LogP contribution in [0.2, 0.25) is 0 Å². The van der Waals surface area contributed by atoms with Gasteiger partial charge in [0.2, 0.25) is 0 Å². The van der Waals surface area contributed by atoms with E-state index in [2.05, 4.69) is 19.7 Å². The van der Waals surface area contributed by atoms with Crippen LogP contribution in [0.25, 0.3) is 11.4 Å². The largest absolute Gasteiger partial charge is 0.497 e. The van der Waals surface area contributed by atoms with E-state index in [4.69, 9.17) is 13.9 Å². The van der Waals surface area contributed by atoms with Gasteiger partial charge in [-0.2, -0.15) is 0 Å². The van der Waals surface area contributed by atoms with E-state index >= 15 is 0 Å². The van der Waals surface area contributed by atoms with Crippen molar-refractivity contribution in [3.63, 3.8) is 0 Å². The highest BCUT2D eigenvalue weighted by Gasteiger charge is 2.15. The normalized spacial score (nSPS) is 10.8. The Labute approximate surface area is 179 Å². The molecule has 0 saturated heterocycles. The highest BCUT2D eigenvalue weighted by Crippen LogP contribution is 2.25. The Balaban J connectivity index is 1.37. The van der Waals surface area contributed by atoms with Crippen LogP contribution in [-0.2, 0) is 6.54 Å². The Morgan fingerprint density at radius 3 is 2.63 bits per heavy atom. The molecule has 0 amide bonds.